The summed E-state index contributed by atoms with van der Waals surface area (Å²) in [4.78, 5) is 31.1. The van der Waals surface area contributed by atoms with Crippen LogP contribution in [0.25, 0.3) is 16.3 Å². The first-order chi connectivity index (χ1) is 15.0. The average Bonchev–Trinajstić information content (AvgIpc) is 3.22. The van der Waals surface area contributed by atoms with Crippen molar-refractivity contribution in [1.82, 2.24) is 4.98 Å². The fourth-order valence-corrected chi connectivity index (χ4v) is 4.11. The van der Waals surface area contributed by atoms with E-state index in [-0.39, 0.29) is 11.7 Å². The standard InChI is InChI=1S/C25H20N2O3S/c1-17(28)19-11-13-20(14-12-19)27(25-26-22-8-3-4-9-23(22)31-25)24(29)15-10-18-6-5-7-21(16-18)30-2/h3-16H,1-2H3. The van der Waals surface area contributed by atoms with E-state index in [2.05, 4.69) is 4.98 Å². The number of benzene rings is 3. The number of aromatic nitrogens is 1. The molecular weight excluding hydrogens is 408 g/mol. The van der Waals surface area contributed by atoms with Crippen LogP contribution in [-0.4, -0.2) is 23.8 Å². The molecule has 0 unspecified atom stereocenters. The topological polar surface area (TPSA) is 59.5 Å². The maximum absolute atomic E-state index is 13.3. The largest absolute Gasteiger partial charge is 0.497 e. The van der Waals surface area contributed by atoms with E-state index in [0.717, 1.165) is 21.5 Å². The first-order valence-corrected chi connectivity index (χ1v) is 10.5. The zero-order valence-corrected chi connectivity index (χ0v) is 17.9. The summed E-state index contributed by atoms with van der Waals surface area (Å²) in [6.07, 6.45) is 3.26. The molecule has 0 bridgehead atoms. The molecule has 6 heteroatoms. The van der Waals surface area contributed by atoms with Gasteiger partial charge >= 0.3 is 0 Å². The maximum Gasteiger partial charge on any atom is 0.257 e. The second-order valence-electron chi connectivity index (χ2n) is 6.85. The van der Waals surface area contributed by atoms with Gasteiger partial charge in [0.2, 0.25) is 0 Å². The number of nitrogens with zero attached hydrogens (tertiary/aromatic N) is 2. The summed E-state index contributed by atoms with van der Waals surface area (Å²) in [5.74, 6) is 0.456. The zero-order valence-electron chi connectivity index (χ0n) is 17.1. The van der Waals surface area contributed by atoms with Crippen molar-refractivity contribution in [3.05, 3.63) is 90.0 Å². The molecule has 154 valence electrons. The lowest BCUT2D eigenvalue weighted by molar-refractivity contribution is -0.113. The van der Waals surface area contributed by atoms with Gasteiger partial charge in [-0.1, -0.05) is 35.6 Å². The molecular formula is C25H20N2O3S. The summed E-state index contributed by atoms with van der Waals surface area (Å²) in [5.41, 5.74) is 2.91. The summed E-state index contributed by atoms with van der Waals surface area (Å²) < 4.78 is 6.24. The van der Waals surface area contributed by atoms with Crippen LogP contribution in [-0.2, 0) is 4.79 Å². The van der Waals surface area contributed by atoms with Gasteiger partial charge < -0.3 is 4.74 Å². The SMILES string of the molecule is COc1cccc(C=CC(=O)N(c2ccc(C(C)=O)cc2)c2nc3ccccc3s2)c1. The number of ether oxygens (including phenoxy) is 1. The summed E-state index contributed by atoms with van der Waals surface area (Å²) in [6.45, 7) is 1.52. The summed E-state index contributed by atoms with van der Waals surface area (Å²) in [7, 11) is 1.60. The van der Waals surface area contributed by atoms with Crippen molar-refractivity contribution in [1.29, 1.82) is 0 Å². The van der Waals surface area contributed by atoms with Gasteiger partial charge in [-0.15, -0.1) is 0 Å². The Hall–Kier alpha value is -3.77. The Kier molecular flexibility index (Phi) is 5.91. The maximum atomic E-state index is 13.3. The molecule has 0 saturated carbocycles. The van der Waals surface area contributed by atoms with Crippen LogP contribution in [0.3, 0.4) is 0 Å². The van der Waals surface area contributed by atoms with E-state index in [0.29, 0.717) is 16.4 Å². The molecule has 0 spiro atoms. The number of hydrogen-bond acceptors (Lipinski definition) is 5. The fourth-order valence-electron chi connectivity index (χ4n) is 3.12. The first-order valence-electron chi connectivity index (χ1n) is 9.68. The number of anilines is 2. The van der Waals surface area contributed by atoms with E-state index in [4.69, 9.17) is 4.74 Å². The van der Waals surface area contributed by atoms with Crippen LogP contribution in [0.15, 0.2) is 78.9 Å². The van der Waals surface area contributed by atoms with Crippen LogP contribution >= 0.6 is 11.3 Å². The van der Waals surface area contributed by atoms with Crippen molar-refractivity contribution < 1.29 is 14.3 Å². The molecule has 0 N–H and O–H groups in total. The van der Waals surface area contributed by atoms with Crippen LogP contribution in [0, 0.1) is 0 Å². The van der Waals surface area contributed by atoms with E-state index in [1.54, 1.807) is 42.4 Å². The molecule has 0 aliphatic heterocycles. The Bertz CT molecular complexity index is 1240. The normalized spacial score (nSPS) is 11.0. The highest BCUT2D eigenvalue weighted by Gasteiger charge is 2.20. The number of carbonyl (C=O) groups excluding carboxylic acids is 2. The van der Waals surface area contributed by atoms with Crippen LogP contribution in [0.1, 0.15) is 22.8 Å². The third-order valence-electron chi connectivity index (χ3n) is 4.74. The molecule has 1 aromatic heterocycles. The van der Waals surface area contributed by atoms with Crippen LogP contribution in [0.2, 0.25) is 0 Å². The number of amides is 1. The minimum absolute atomic E-state index is 0.0256. The highest BCUT2D eigenvalue weighted by Crippen LogP contribution is 2.34. The predicted octanol–water partition coefficient (Wildman–Crippen LogP) is 5.89. The second kappa shape index (κ2) is 8.93. The van der Waals surface area contributed by atoms with Gasteiger partial charge in [0.1, 0.15) is 5.75 Å². The number of Topliss-reactive ketones (excluding diaryl/α,β-unsaturated/α-hetero) is 1. The van der Waals surface area contributed by atoms with E-state index < -0.39 is 0 Å². The van der Waals surface area contributed by atoms with E-state index in [1.165, 1.54) is 24.3 Å². The molecule has 4 rings (SSSR count). The number of methoxy groups -OCH3 is 1. The van der Waals surface area contributed by atoms with Gasteiger partial charge in [-0.05, 0) is 67.1 Å². The van der Waals surface area contributed by atoms with E-state index >= 15 is 0 Å². The van der Waals surface area contributed by atoms with Crippen LogP contribution in [0.5, 0.6) is 5.75 Å². The number of hydrogen-bond donors (Lipinski definition) is 0. The Morgan fingerprint density at radius 3 is 2.48 bits per heavy atom. The summed E-state index contributed by atoms with van der Waals surface area (Å²) >= 11 is 1.44. The number of ketones is 1. The Morgan fingerprint density at radius 1 is 1.00 bits per heavy atom. The number of para-hydroxylation sites is 1. The third-order valence-corrected chi connectivity index (χ3v) is 5.76. The van der Waals surface area contributed by atoms with Crippen molar-refractivity contribution in [2.24, 2.45) is 0 Å². The van der Waals surface area contributed by atoms with Gasteiger partial charge in [0.05, 0.1) is 23.0 Å². The molecule has 4 aromatic rings. The van der Waals surface area contributed by atoms with Crippen molar-refractivity contribution in [3.8, 4) is 5.75 Å². The van der Waals surface area contributed by atoms with Gasteiger partial charge in [-0.25, -0.2) is 4.98 Å². The van der Waals surface area contributed by atoms with E-state index in [9.17, 15) is 9.59 Å². The lowest BCUT2D eigenvalue weighted by Crippen LogP contribution is -2.23. The number of thiazole rings is 1. The number of fused-ring (bicyclic) bond motifs is 1. The van der Waals surface area contributed by atoms with Gasteiger partial charge in [-0.3, -0.25) is 14.5 Å². The Labute approximate surface area is 184 Å². The zero-order chi connectivity index (χ0) is 21.8. The molecule has 31 heavy (non-hydrogen) atoms. The average molecular weight is 429 g/mol. The molecule has 0 radical (unpaired) electrons. The molecule has 0 aliphatic carbocycles. The minimum Gasteiger partial charge on any atom is -0.497 e. The minimum atomic E-state index is -0.238. The quantitative estimate of drug-likeness (QED) is 0.284. The highest BCUT2D eigenvalue weighted by atomic mass is 32.1. The van der Waals surface area contributed by atoms with Gasteiger partial charge in [0.25, 0.3) is 5.91 Å². The monoisotopic (exact) mass is 428 g/mol. The molecule has 0 fully saturated rings. The molecule has 5 nitrogen and oxygen atoms in total. The van der Waals surface area contributed by atoms with Crippen molar-refractivity contribution in [2.45, 2.75) is 6.92 Å². The van der Waals surface area contributed by atoms with Gasteiger partial charge in [0.15, 0.2) is 10.9 Å². The van der Waals surface area contributed by atoms with Gasteiger partial charge in [0, 0.05) is 11.6 Å². The second-order valence-corrected chi connectivity index (χ2v) is 7.86. The van der Waals surface area contributed by atoms with E-state index in [1.807, 2.05) is 48.5 Å². The summed E-state index contributed by atoms with van der Waals surface area (Å²) in [5, 5.41) is 0.567. The molecule has 0 atom stereocenters. The molecule has 0 saturated heterocycles. The third kappa shape index (κ3) is 4.54. The smallest absolute Gasteiger partial charge is 0.257 e. The lowest BCUT2D eigenvalue weighted by atomic mass is 10.1. The molecule has 0 aliphatic rings. The lowest BCUT2D eigenvalue weighted by Gasteiger charge is -2.18. The van der Waals surface area contributed by atoms with Crippen LogP contribution < -0.4 is 9.64 Å². The first kappa shape index (κ1) is 20.5. The highest BCUT2D eigenvalue weighted by molar-refractivity contribution is 7.22. The number of carbonyl (C=O) groups is 2. The van der Waals surface area contributed by atoms with Crippen molar-refractivity contribution >= 4 is 50.1 Å². The number of rotatable bonds is 6. The molecule has 1 amide bonds. The molecule has 3 aromatic carbocycles. The van der Waals surface area contributed by atoms with Crippen molar-refractivity contribution in [2.75, 3.05) is 12.0 Å². The Balaban J connectivity index is 1.72. The summed E-state index contributed by atoms with van der Waals surface area (Å²) in [6, 6.07) is 22.2. The van der Waals surface area contributed by atoms with Crippen molar-refractivity contribution in [3.63, 3.8) is 0 Å². The Morgan fingerprint density at radius 2 is 1.77 bits per heavy atom. The van der Waals surface area contributed by atoms with Crippen LogP contribution in [0.4, 0.5) is 10.8 Å². The predicted molar refractivity (Wildman–Crippen MR) is 125 cm³/mol. The molecule has 1 heterocycles. The fraction of sp³-hybridized carbons (Fsp3) is 0.0800. The van der Waals surface area contributed by atoms with Gasteiger partial charge in [-0.2, -0.15) is 0 Å².